The van der Waals surface area contributed by atoms with Crippen LogP contribution in [-0.2, 0) is 11.3 Å². The fourth-order valence-corrected chi connectivity index (χ4v) is 3.35. The monoisotopic (exact) mass is 370 g/mol. The first-order chi connectivity index (χ1) is 10.1. The van der Waals surface area contributed by atoms with Crippen molar-refractivity contribution >= 4 is 33.4 Å². The van der Waals surface area contributed by atoms with Crippen molar-refractivity contribution in [2.45, 2.75) is 38.3 Å². The van der Waals surface area contributed by atoms with Crippen LogP contribution < -0.4 is 5.32 Å². The van der Waals surface area contributed by atoms with Gasteiger partial charge in [0.25, 0.3) is 0 Å². The van der Waals surface area contributed by atoms with E-state index in [-0.39, 0.29) is 5.92 Å². The van der Waals surface area contributed by atoms with Gasteiger partial charge in [0, 0.05) is 23.6 Å². The SMILES string of the molecule is O=C([C@@H]1CCCNC1)N(Cc1ccc(Br)c(Cl)c1)C1CC1. The molecule has 5 heteroatoms. The molecule has 1 saturated heterocycles. The largest absolute Gasteiger partial charge is 0.335 e. The predicted molar refractivity (Wildman–Crippen MR) is 88.3 cm³/mol. The van der Waals surface area contributed by atoms with Gasteiger partial charge < -0.3 is 10.2 Å². The molecular formula is C16H20BrClN2O. The number of nitrogens with zero attached hydrogens (tertiary/aromatic N) is 1. The molecule has 1 aliphatic carbocycles. The number of benzene rings is 1. The third-order valence-corrected chi connectivity index (χ3v) is 5.49. The Hall–Kier alpha value is -0.580. The molecule has 3 nitrogen and oxygen atoms in total. The molecular weight excluding hydrogens is 352 g/mol. The zero-order valence-electron chi connectivity index (χ0n) is 11.9. The summed E-state index contributed by atoms with van der Waals surface area (Å²) in [4.78, 5) is 14.8. The molecule has 1 N–H and O–H groups in total. The molecule has 2 aliphatic rings. The Morgan fingerprint density at radius 1 is 1.38 bits per heavy atom. The lowest BCUT2D eigenvalue weighted by Crippen LogP contribution is -2.43. The van der Waals surface area contributed by atoms with Crippen LogP contribution in [0.15, 0.2) is 22.7 Å². The van der Waals surface area contributed by atoms with Gasteiger partial charge in [0.1, 0.15) is 0 Å². The van der Waals surface area contributed by atoms with Gasteiger partial charge in [-0.05, 0) is 65.9 Å². The second-order valence-corrected chi connectivity index (χ2v) is 7.25. The Morgan fingerprint density at radius 2 is 2.19 bits per heavy atom. The van der Waals surface area contributed by atoms with Crippen LogP contribution >= 0.6 is 27.5 Å². The summed E-state index contributed by atoms with van der Waals surface area (Å²) in [6.07, 6.45) is 4.38. The summed E-state index contributed by atoms with van der Waals surface area (Å²) in [6, 6.07) is 6.38. The minimum atomic E-state index is 0.144. The highest BCUT2D eigenvalue weighted by Crippen LogP contribution is 2.32. The fourth-order valence-electron chi connectivity index (χ4n) is 2.90. The third-order valence-electron chi connectivity index (χ3n) is 4.25. The summed E-state index contributed by atoms with van der Waals surface area (Å²) in [5.74, 6) is 0.453. The molecule has 3 rings (SSSR count). The molecule has 1 heterocycles. The van der Waals surface area contributed by atoms with Crippen molar-refractivity contribution in [3.05, 3.63) is 33.3 Å². The average molecular weight is 372 g/mol. The molecule has 114 valence electrons. The van der Waals surface area contributed by atoms with Crippen LogP contribution in [0.2, 0.25) is 5.02 Å². The van der Waals surface area contributed by atoms with E-state index in [4.69, 9.17) is 11.6 Å². The summed E-state index contributed by atoms with van der Waals surface area (Å²) in [6.45, 7) is 2.53. The molecule has 0 bridgehead atoms. The summed E-state index contributed by atoms with van der Waals surface area (Å²) in [7, 11) is 0. The predicted octanol–water partition coefficient (Wildman–Crippen LogP) is 3.59. The minimum absolute atomic E-state index is 0.144. The number of carbonyl (C=O) groups is 1. The van der Waals surface area contributed by atoms with E-state index < -0.39 is 0 Å². The maximum Gasteiger partial charge on any atom is 0.227 e. The first kappa shape index (κ1) is 15.3. The Morgan fingerprint density at radius 3 is 2.81 bits per heavy atom. The summed E-state index contributed by atoms with van der Waals surface area (Å²) in [5.41, 5.74) is 1.10. The Balaban J connectivity index is 1.71. The molecule has 0 unspecified atom stereocenters. The number of carbonyl (C=O) groups excluding carboxylic acids is 1. The van der Waals surface area contributed by atoms with Crippen LogP contribution in [0.3, 0.4) is 0 Å². The number of hydrogen-bond donors (Lipinski definition) is 1. The van der Waals surface area contributed by atoms with Gasteiger partial charge in [-0.3, -0.25) is 4.79 Å². The van der Waals surface area contributed by atoms with Gasteiger partial charge in [0.2, 0.25) is 5.91 Å². The van der Waals surface area contributed by atoms with E-state index in [9.17, 15) is 4.79 Å². The first-order valence-corrected chi connectivity index (χ1v) is 8.77. The van der Waals surface area contributed by atoms with Gasteiger partial charge in [-0.1, -0.05) is 17.7 Å². The summed E-state index contributed by atoms with van der Waals surface area (Å²) in [5, 5.41) is 4.04. The van der Waals surface area contributed by atoms with Crippen LogP contribution in [0.4, 0.5) is 0 Å². The van der Waals surface area contributed by atoms with Crippen LogP contribution in [0.25, 0.3) is 0 Å². The number of piperidine rings is 1. The van der Waals surface area contributed by atoms with Gasteiger partial charge >= 0.3 is 0 Å². The molecule has 1 aromatic rings. The quantitative estimate of drug-likeness (QED) is 0.877. The van der Waals surface area contributed by atoms with E-state index in [1.165, 1.54) is 0 Å². The minimum Gasteiger partial charge on any atom is -0.335 e. The van der Waals surface area contributed by atoms with Gasteiger partial charge in [0.05, 0.1) is 10.9 Å². The lowest BCUT2D eigenvalue weighted by molar-refractivity contribution is -0.137. The van der Waals surface area contributed by atoms with Crippen molar-refractivity contribution in [3.8, 4) is 0 Å². The van der Waals surface area contributed by atoms with Crippen molar-refractivity contribution < 1.29 is 4.79 Å². The van der Waals surface area contributed by atoms with Crippen molar-refractivity contribution in [3.63, 3.8) is 0 Å². The van der Waals surface area contributed by atoms with Crippen molar-refractivity contribution in [1.29, 1.82) is 0 Å². The zero-order chi connectivity index (χ0) is 14.8. The maximum atomic E-state index is 12.8. The van der Waals surface area contributed by atoms with Crippen LogP contribution in [-0.4, -0.2) is 29.9 Å². The average Bonchev–Trinajstić information content (AvgIpc) is 3.33. The Bertz CT molecular complexity index is 527. The Kier molecular flexibility index (Phi) is 4.87. The van der Waals surface area contributed by atoms with Crippen LogP contribution in [0.1, 0.15) is 31.2 Å². The van der Waals surface area contributed by atoms with Crippen molar-refractivity contribution in [2.24, 2.45) is 5.92 Å². The number of halogens is 2. The van der Waals surface area contributed by atoms with E-state index >= 15 is 0 Å². The van der Waals surface area contributed by atoms with E-state index in [1.54, 1.807) is 0 Å². The van der Waals surface area contributed by atoms with Crippen LogP contribution in [0, 0.1) is 5.92 Å². The van der Waals surface area contributed by atoms with Crippen LogP contribution in [0.5, 0.6) is 0 Å². The Labute approximate surface area is 139 Å². The molecule has 21 heavy (non-hydrogen) atoms. The molecule has 1 amide bonds. The zero-order valence-corrected chi connectivity index (χ0v) is 14.3. The van der Waals surface area contributed by atoms with E-state index in [0.717, 1.165) is 48.8 Å². The number of rotatable bonds is 4. The molecule has 0 radical (unpaired) electrons. The fraction of sp³-hybridized carbons (Fsp3) is 0.562. The second-order valence-electron chi connectivity index (χ2n) is 5.99. The highest BCUT2D eigenvalue weighted by atomic mass is 79.9. The molecule has 1 aromatic carbocycles. The van der Waals surface area contributed by atoms with E-state index in [1.807, 2.05) is 18.2 Å². The maximum absolute atomic E-state index is 12.8. The normalized spacial score (nSPS) is 22.1. The molecule has 0 aromatic heterocycles. The van der Waals surface area contributed by atoms with E-state index in [2.05, 4.69) is 26.1 Å². The highest BCUT2D eigenvalue weighted by molar-refractivity contribution is 9.10. The van der Waals surface area contributed by atoms with Gasteiger partial charge in [-0.15, -0.1) is 0 Å². The number of amides is 1. The number of nitrogens with one attached hydrogen (secondary N) is 1. The molecule has 2 fully saturated rings. The highest BCUT2D eigenvalue weighted by Gasteiger charge is 2.36. The standard InChI is InChI=1S/C16H20BrClN2O/c17-14-6-3-11(8-15(14)18)10-20(13-4-5-13)16(21)12-2-1-7-19-9-12/h3,6,8,12-13,19H,1-2,4-5,7,9-10H2/t12-/m1/s1. The first-order valence-electron chi connectivity index (χ1n) is 7.60. The smallest absolute Gasteiger partial charge is 0.227 e. The third kappa shape index (κ3) is 3.79. The second kappa shape index (κ2) is 6.67. The lowest BCUT2D eigenvalue weighted by atomic mass is 9.97. The van der Waals surface area contributed by atoms with Crippen molar-refractivity contribution in [2.75, 3.05) is 13.1 Å². The number of hydrogen-bond acceptors (Lipinski definition) is 2. The topological polar surface area (TPSA) is 32.3 Å². The van der Waals surface area contributed by atoms with Crippen molar-refractivity contribution in [1.82, 2.24) is 10.2 Å². The summed E-state index contributed by atoms with van der Waals surface area (Å²) >= 11 is 9.57. The molecule has 1 saturated carbocycles. The van der Waals surface area contributed by atoms with Gasteiger partial charge in [-0.25, -0.2) is 0 Å². The van der Waals surface area contributed by atoms with Gasteiger partial charge in [0.15, 0.2) is 0 Å². The molecule has 1 atom stereocenters. The molecule has 0 spiro atoms. The van der Waals surface area contributed by atoms with E-state index in [0.29, 0.717) is 23.5 Å². The van der Waals surface area contributed by atoms with Gasteiger partial charge in [-0.2, -0.15) is 0 Å². The lowest BCUT2D eigenvalue weighted by Gasteiger charge is -2.30. The molecule has 1 aliphatic heterocycles. The summed E-state index contributed by atoms with van der Waals surface area (Å²) < 4.78 is 0.897.